The Morgan fingerprint density at radius 3 is 2.43 bits per heavy atom. The maximum absolute atomic E-state index is 9.30. The molecule has 1 aliphatic rings. The van der Waals surface area contributed by atoms with E-state index in [4.69, 9.17) is 4.74 Å². The van der Waals surface area contributed by atoms with Crippen molar-refractivity contribution in [3.05, 3.63) is 35.9 Å². The predicted molar refractivity (Wildman–Crippen MR) is 86.2 cm³/mol. The molecule has 0 aromatic heterocycles. The molecule has 0 bridgehead atoms. The molecule has 0 saturated carbocycles. The first-order chi connectivity index (χ1) is 9.74. The van der Waals surface area contributed by atoms with Crippen LogP contribution < -0.4 is 10.1 Å². The van der Waals surface area contributed by atoms with E-state index >= 15 is 0 Å². The summed E-state index contributed by atoms with van der Waals surface area (Å²) in [6.07, 6.45) is 3.69. The monoisotopic (exact) mass is 284 g/mol. The number of piperidine rings is 1. The number of nitrogens with zero attached hydrogens (tertiary/aromatic N) is 1. The molecule has 0 unspecified atom stereocenters. The molecule has 3 nitrogen and oxygen atoms in total. The number of nitrogens with one attached hydrogen (secondary N) is 1. The zero-order valence-electron chi connectivity index (χ0n) is 13.4. The SMILES string of the molecule is C=Cc1ccc(OC2CC(C)(C)NC(C)(C)C2)c(C#N)c1. The minimum Gasteiger partial charge on any atom is -0.489 e. The Kier molecular flexibility index (Phi) is 4.11. The maximum Gasteiger partial charge on any atom is 0.137 e. The van der Waals surface area contributed by atoms with E-state index in [0.717, 1.165) is 18.4 Å². The van der Waals surface area contributed by atoms with Gasteiger partial charge in [-0.15, -0.1) is 0 Å². The molecule has 1 heterocycles. The van der Waals surface area contributed by atoms with Gasteiger partial charge in [0.15, 0.2) is 0 Å². The molecule has 3 heteroatoms. The molecule has 2 rings (SSSR count). The van der Waals surface area contributed by atoms with Gasteiger partial charge in [-0.3, -0.25) is 0 Å². The van der Waals surface area contributed by atoms with Crippen molar-refractivity contribution in [2.45, 2.75) is 57.7 Å². The Balaban J connectivity index is 2.22. The molecule has 1 aromatic rings. The highest BCUT2D eigenvalue weighted by Gasteiger charge is 2.38. The van der Waals surface area contributed by atoms with Crippen molar-refractivity contribution in [3.63, 3.8) is 0 Å². The van der Waals surface area contributed by atoms with Crippen LogP contribution in [0.5, 0.6) is 5.75 Å². The lowest BCUT2D eigenvalue weighted by atomic mass is 9.81. The van der Waals surface area contributed by atoms with Crippen molar-refractivity contribution in [2.24, 2.45) is 0 Å². The van der Waals surface area contributed by atoms with Crippen molar-refractivity contribution in [2.75, 3.05) is 0 Å². The van der Waals surface area contributed by atoms with Crippen LogP contribution >= 0.6 is 0 Å². The third-order valence-electron chi connectivity index (χ3n) is 3.81. The highest BCUT2D eigenvalue weighted by molar-refractivity contribution is 5.55. The van der Waals surface area contributed by atoms with Crippen molar-refractivity contribution in [1.82, 2.24) is 5.32 Å². The second kappa shape index (κ2) is 5.54. The van der Waals surface area contributed by atoms with Gasteiger partial charge in [-0.2, -0.15) is 5.26 Å². The van der Waals surface area contributed by atoms with Crippen LogP contribution in [0.1, 0.15) is 51.7 Å². The van der Waals surface area contributed by atoms with Gasteiger partial charge in [0.25, 0.3) is 0 Å². The smallest absolute Gasteiger partial charge is 0.137 e. The van der Waals surface area contributed by atoms with Gasteiger partial charge in [0.1, 0.15) is 17.9 Å². The third-order valence-corrected chi connectivity index (χ3v) is 3.81. The van der Waals surface area contributed by atoms with Gasteiger partial charge in [0, 0.05) is 23.9 Å². The second-order valence-electron chi connectivity index (χ2n) is 7.11. The summed E-state index contributed by atoms with van der Waals surface area (Å²) in [5.74, 6) is 0.668. The predicted octanol–water partition coefficient (Wildman–Crippen LogP) is 3.89. The third kappa shape index (κ3) is 3.86. The van der Waals surface area contributed by atoms with Gasteiger partial charge in [0.2, 0.25) is 0 Å². The summed E-state index contributed by atoms with van der Waals surface area (Å²) in [4.78, 5) is 0. The molecular weight excluding hydrogens is 260 g/mol. The first-order valence-corrected chi connectivity index (χ1v) is 7.37. The van der Waals surface area contributed by atoms with Crippen LogP contribution in [0, 0.1) is 11.3 Å². The van der Waals surface area contributed by atoms with E-state index in [1.165, 1.54) is 0 Å². The molecule has 1 aliphatic heterocycles. The van der Waals surface area contributed by atoms with Crippen LogP contribution in [0.25, 0.3) is 6.08 Å². The van der Waals surface area contributed by atoms with Gasteiger partial charge in [-0.1, -0.05) is 18.7 Å². The number of nitriles is 1. The highest BCUT2D eigenvalue weighted by Crippen LogP contribution is 2.32. The fourth-order valence-electron chi connectivity index (χ4n) is 3.36. The van der Waals surface area contributed by atoms with Crippen LogP contribution in [-0.4, -0.2) is 17.2 Å². The molecule has 1 aromatic carbocycles. The summed E-state index contributed by atoms with van der Waals surface area (Å²) < 4.78 is 6.15. The standard InChI is InChI=1S/C18H24N2O/c1-6-13-7-8-16(14(9-13)12-19)21-15-10-17(2,3)20-18(4,5)11-15/h6-9,15,20H,1,10-11H2,2-5H3. The van der Waals surface area contributed by atoms with E-state index in [-0.39, 0.29) is 17.2 Å². The molecule has 21 heavy (non-hydrogen) atoms. The summed E-state index contributed by atoms with van der Waals surface area (Å²) in [7, 11) is 0. The van der Waals surface area contributed by atoms with E-state index in [1.807, 2.05) is 18.2 Å². The van der Waals surface area contributed by atoms with Gasteiger partial charge >= 0.3 is 0 Å². The first kappa shape index (κ1) is 15.6. The number of hydrogen-bond donors (Lipinski definition) is 1. The van der Waals surface area contributed by atoms with Gasteiger partial charge in [0.05, 0.1) is 5.56 Å². The van der Waals surface area contributed by atoms with E-state index in [2.05, 4.69) is 45.7 Å². The van der Waals surface area contributed by atoms with Crippen LogP contribution in [0.4, 0.5) is 0 Å². The number of hydrogen-bond acceptors (Lipinski definition) is 3. The quantitative estimate of drug-likeness (QED) is 0.916. The molecular formula is C18H24N2O. The first-order valence-electron chi connectivity index (χ1n) is 7.37. The van der Waals surface area contributed by atoms with Crippen molar-refractivity contribution in [3.8, 4) is 11.8 Å². The molecule has 1 fully saturated rings. The average Bonchev–Trinajstić information content (AvgIpc) is 2.35. The zero-order chi connectivity index (χ0) is 15.7. The van der Waals surface area contributed by atoms with E-state index < -0.39 is 0 Å². The van der Waals surface area contributed by atoms with Gasteiger partial charge in [-0.05, 0) is 45.4 Å². The molecule has 0 radical (unpaired) electrons. The Labute approximate surface area is 127 Å². The molecule has 1 saturated heterocycles. The number of rotatable bonds is 3. The molecule has 112 valence electrons. The van der Waals surface area contributed by atoms with E-state index in [1.54, 1.807) is 6.08 Å². The maximum atomic E-state index is 9.30. The lowest BCUT2D eigenvalue weighted by Gasteiger charge is -2.46. The molecule has 0 amide bonds. The van der Waals surface area contributed by atoms with Crippen LogP contribution in [0.2, 0.25) is 0 Å². The minimum absolute atomic E-state index is 0.0281. The molecule has 0 atom stereocenters. The second-order valence-corrected chi connectivity index (χ2v) is 7.11. The average molecular weight is 284 g/mol. The minimum atomic E-state index is 0.0281. The fraction of sp³-hybridized carbons (Fsp3) is 0.500. The van der Waals surface area contributed by atoms with Crippen LogP contribution in [0.15, 0.2) is 24.8 Å². The van der Waals surface area contributed by atoms with Crippen molar-refractivity contribution >= 4 is 6.08 Å². The van der Waals surface area contributed by atoms with Crippen LogP contribution in [-0.2, 0) is 0 Å². The Hall–Kier alpha value is -1.79. The molecule has 0 aliphatic carbocycles. The van der Waals surface area contributed by atoms with Gasteiger partial charge in [-0.25, -0.2) is 0 Å². The Morgan fingerprint density at radius 1 is 1.29 bits per heavy atom. The molecule has 1 N–H and O–H groups in total. The highest BCUT2D eigenvalue weighted by atomic mass is 16.5. The number of ether oxygens (including phenoxy) is 1. The molecule has 0 spiro atoms. The van der Waals surface area contributed by atoms with Crippen molar-refractivity contribution in [1.29, 1.82) is 5.26 Å². The summed E-state index contributed by atoms with van der Waals surface area (Å²) in [6.45, 7) is 12.5. The van der Waals surface area contributed by atoms with E-state index in [9.17, 15) is 5.26 Å². The van der Waals surface area contributed by atoms with Gasteiger partial charge < -0.3 is 10.1 Å². The summed E-state index contributed by atoms with van der Waals surface area (Å²) in [6, 6.07) is 7.84. The summed E-state index contributed by atoms with van der Waals surface area (Å²) in [5, 5.41) is 12.9. The number of benzene rings is 1. The van der Waals surface area contributed by atoms with E-state index in [0.29, 0.717) is 11.3 Å². The normalized spacial score (nSPS) is 20.5. The lowest BCUT2D eigenvalue weighted by molar-refractivity contribution is 0.0557. The fourth-order valence-corrected chi connectivity index (χ4v) is 3.36. The lowest BCUT2D eigenvalue weighted by Crippen LogP contribution is -2.60. The summed E-state index contributed by atoms with van der Waals surface area (Å²) in [5.41, 5.74) is 1.56. The van der Waals surface area contributed by atoms with Crippen LogP contribution in [0.3, 0.4) is 0 Å². The largest absolute Gasteiger partial charge is 0.489 e. The zero-order valence-corrected chi connectivity index (χ0v) is 13.4. The Morgan fingerprint density at radius 2 is 1.90 bits per heavy atom. The topological polar surface area (TPSA) is 45.0 Å². The van der Waals surface area contributed by atoms with Crippen molar-refractivity contribution < 1.29 is 4.74 Å². The summed E-state index contributed by atoms with van der Waals surface area (Å²) >= 11 is 0. The Bertz CT molecular complexity index is 565.